The highest BCUT2D eigenvalue weighted by atomic mass is 16.5. The van der Waals surface area contributed by atoms with Crippen LogP contribution in [0.2, 0.25) is 0 Å². The molecular weight excluding hydrogens is 154 g/mol. The number of fused-ring (bicyclic) bond motifs is 1. The summed E-state index contributed by atoms with van der Waals surface area (Å²) in [7, 11) is 0. The van der Waals surface area contributed by atoms with Crippen LogP contribution in [0.4, 0.5) is 0 Å². The van der Waals surface area contributed by atoms with Gasteiger partial charge in [0.05, 0.1) is 0 Å². The van der Waals surface area contributed by atoms with E-state index in [0.29, 0.717) is 0 Å². The molecule has 0 aliphatic heterocycles. The molecule has 2 N–H and O–H groups in total. The summed E-state index contributed by atoms with van der Waals surface area (Å²) in [5.41, 5.74) is 4.45. The lowest BCUT2D eigenvalue weighted by Crippen LogP contribution is -2.12. The second-order valence-corrected chi connectivity index (χ2v) is 2.61. The Kier molecular flexibility index (Phi) is 2.82. The Morgan fingerprint density at radius 1 is 1.42 bits per heavy atom. The lowest BCUT2D eigenvalue weighted by molar-refractivity contribution is -0.126. The Balaban J connectivity index is 0.000000130. The lowest BCUT2D eigenvalue weighted by atomic mass is 10.4. The van der Waals surface area contributed by atoms with Gasteiger partial charge in [0.25, 0.3) is 0 Å². The fourth-order valence-corrected chi connectivity index (χ4v) is 0.836. The van der Waals surface area contributed by atoms with Crippen molar-refractivity contribution in [3.63, 3.8) is 0 Å². The zero-order chi connectivity index (χ0) is 8.97. The van der Waals surface area contributed by atoms with Gasteiger partial charge in [-0.05, 0) is 17.5 Å². The van der Waals surface area contributed by atoms with Crippen molar-refractivity contribution in [3.8, 4) is 0 Å². The molecule has 0 aromatic heterocycles. The van der Waals surface area contributed by atoms with Gasteiger partial charge >= 0.3 is 0 Å². The molecule has 1 amide bonds. The third-order valence-electron chi connectivity index (χ3n) is 1.53. The summed E-state index contributed by atoms with van der Waals surface area (Å²) in [6, 6.07) is 8.53. The average molecular weight is 165 g/mol. The van der Waals surface area contributed by atoms with Gasteiger partial charge in [-0.1, -0.05) is 24.3 Å². The molecule has 2 rings (SSSR count). The predicted molar refractivity (Wildman–Crippen MR) is 44.9 cm³/mol. The summed E-state index contributed by atoms with van der Waals surface area (Å²) >= 11 is 0. The molecule has 0 saturated carbocycles. The molecule has 0 heterocycles. The molecule has 64 valence electrons. The van der Waals surface area contributed by atoms with Gasteiger partial charge in [0.2, 0.25) is 5.91 Å². The molecule has 0 bridgehead atoms. The number of hydrogen-bond acceptors (Lipinski definition) is 2. The highest BCUT2D eigenvalue weighted by Gasteiger charge is 2.12. The zero-order valence-corrected chi connectivity index (χ0v) is 6.87. The molecule has 12 heavy (non-hydrogen) atoms. The molecule has 0 fully saturated rings. The average Bonchev–Trinajstić information content (AvgIpc) is 2.83. The molecule has 3 heteroatoms. The van der Waals surface area contributed by atoms with E-state index in [0.717, 1.165) is 0 Å². The SMILES string of the molecule is CC(=O)NO.c1ccc2c(c1)C2. The number of hydroxylamine groups is 1. The first kappa shape index (κ1) is 8.74. The van der Waals surface area contributed by atoms with E-state index in [4.69, 9.17) is 5.21 Å². The van der Waals surface area contributed by atoms with Gasteiger partial charge in [-0.3, -0.25) is 10.0 Å². The van der Waals surface area contributed by atoms with Crippen LogP contribution in [0.15, 0.2) is 24.3 Å². The van der Waals surface area contributed by atoms with Crippen LogP contribution >= 0.6 is 0 Å². The van der Waals surface area contributed by atoms with Crippen molar-refractivity contribution in [2.24, 2.45) is 0 Å². The molecule has 0 saturated heterocycles. The molecule has 0 spiro atoms. The summed E-state index contributed by atoms with van der Waals surface area (Å²) in [5.74, 6) is -0.440. The summed E-state index contributed by atoms with van der Waals surface area (Å²) in [5, 5.41) is 7.54. The minimum Gasteiger partial charge on any atom is -0.289 e. The smallest absolute Gasteiger partial charge is 0.240 e. The highest BCUT2D eigenvalue weighted by molar-refractivity contribution is 5.71. The third kappa shape index (κ3) is 2.72. The molecule has 3 nitrogen and oxygen atoms in total. The van der Waals surface area contributed by atoms with E-state index in [-0.39, 0.29) is 0 Å². The van der Waals surface area contributed by atoms with E-state index < -0.39 is 5.91 Å². The monoisotopic (exact) mass is 165 g/mol. The van der Waals surface area contributed by atoms with Crippen molar-refractivity contribution in [1.29, 1.82) is 0 Å². The van der Waals surface area contributed by atoms with Crippen LogP contribution in [0.3, 0.4) is 0 Å². The van der Waals surface area contributed by atoms with Gasteiger partial charge in [-0.25, -0.2) is 5.48 Å². The number of nitrogens with one attached hydrogen (secondary N) is 1. The topological polar surface area (TPSA) is 49.3 Å². The van der Waals surface area contributed by atoms with Crippen molar-refractivity contribution < 1.29 is 10.0 Å². The van der Waals surface area contributed by atoms with Crippen LogP contribution in [0.5, 0.6) is 0 Å². The van der Waals surface area contributed by atoms with Crippen molar-refractivity contribution >= 4 is 5.91 Å². The van der Waals surface area contributed by atoms with Gasteiger partial charge < -0.3 is 0 Å². The Morgan fingerprint density at radius 3 is 2.08 bits per heavy atom. The Labute approximate surface area is 71.0 Å². The summed E-state index contributed by atoms with van der Waals surface area (Å²) in [6.07, 6.45) is 1.24. The van der Waals surface area contributed by atoms with Crippen molar-refractivity contribution in [1.82, 2.24) is 5.48 Å². The van der Waals surface area contributed by atoms with Gasteiger partial charge in [-0.15, -0.1) is 0 Å². The first-order chi connectivity index (χ1) is 5.74. The maximum absolute atomic E-state index is 9.45. The van der Waals surface area contributed by atoms with E-state index in [2.05, 4.69) is 24.3 Å². The van der Waals surface area contributed by atoms with Gasteiger partial charge in [0.1, 0.15) is 0 Å². The second-order valence-electron chi connectivity index (χ2n) is 2.61. The van der Waals surface area contributed by atoms with Gasteiger partial charge in [0.15, 0.2) is 0 Å². The fraction of sp³-hybridized carbons (Fsp3) is 0.222. The van der Waals surface area contributed by atoms with Crippen LogP contribution in [0.1, 0.15) is 18.1 Å². The fourth-order valence-electron chi connectivity index (χ4n) is 0.836. The number of carbonyl (C=O) groups is 1. The summed E-state index contributed by atoms with van der Waals surface area (Å²) < 4.78 is 0. The van der Waals surface area contributed by atoms with Gasteiger partial charge in [0, 0.05) is 6.92 Å². The first-order valence-corrected chi connectivity index (χ1v) is 3.71. The summed E-state index contributed by atoms with van der Waals surface area (Å²) in [6.45, 7) is 1.22. The Hall–Kier alpha value is -1.35. The van der Waals surface area contributed by atoms with Crippen molar-refractivity contribution in [2.75, 3.05) is 0 Å². The molecule has 1 aliphatic carbocycles. The molecule has 1 aromatic rings. The number of hydrogen-bond donors (Lipinski definition) is 2. The highest BCUT2D eigenvalue weighted by Crippen LogP contribution is 2.25. The normalized spacial score (nSPS) is 10.5. The summed E-state index contributed by atoms with van der Waals surface area (Å²) in [4.78, 5) is 9.45. The predicted octanol–water partition coefficient (Wildman–Crippen LogP) is 1.10. The molecule has 0 unspecified atom stereocenters. The van der Waals surface area contributed by atoms with Crippen LogP contribution in [0.25, 0.3) is 0 Å². The van der Waals surface area contributed by atoms with E-state index in [1.807, 2.05) is 0 Å². The van der Waals surface area contributed by atoms with Crippen molar-refractivity contribution in [3.05, 3.63) is 35.4 Å². The van der Waals surface area contributed by atoms with Crippen molar-refractivity contribution in [2.45, 2.75) is 13.3 Å². The molecular formula is C9H11NO2. The van der Waals surface area contributed by atoms with E-state index in [9.17, 15) is 4.79 Å². The Morgan fingerprint density at radius 2 is 1.83 bits per heavy atom. The number of rotatable bonds is 0. The first-order valence-electron chi connectivity index (χ1n) is 3.71. The number of amides is 1. The standard InChI is InChI=1S/C7H6.C2H5NO2/c1-2-4-7-5-6(7)3-1;1-2(4)3-5/h1-4H,5H2;5H,1H3,(H,3,4). The maximum atomic E-state index is 9.45. The molecule has 1 aromatic carbocycles. The van der Waals surface area contributed by atoms with E-state index >= 15 is 0 Å². The number of benzene rings is 1. The van der Waals surface area contributed by atoms with E-state index in [1.165, 1.54) is 30.0 Å². The quantitative estimate of drug-likeness (QED) is 0.453. The molecule has 0 atom stereocenters. The van der Waals surface area contributed by atoms with Crippen LogP contribution in [-0.2, 0) is 11.2 Å². The minimum absolute atomic E-state index is 0.440. The third-order valence-corrected chi connectivity index (χ3v) is 1.53. The maximum Gasteiger partial charge on any atom is 0.240 e. The molecule has 0 radical (unpaired) electrons. The Bertz CT molecular complexity index is 263. The largest absolute Gasteiger partial charge is 0.289 e. The van der Waals surface area contributed by atoms with Gasteiger partial charge in [-0.2, -0.15) is 0 Å². The van der Waals surface area contributed by atoms with Crippen LogP contribution < -0.4 is 5.48 Å². The number of carbonyl (C=O) groups excluding carboxylic acids is 1. The van der Waals surface area contributed by atoms with Crippen LogP contribution in [-0.4, -0.2) is 11.1 Å². The zero-order valence-electron chi connectivity index (χ0n) is 6.87. The minimum atomic E-state index is -0.440. The lowest BCUT2D eigenvalue weighted by Gasteiger charge is -1.78. The molecule has 1 aliphatic rings. The second kappa shape index (κ2) is 3.88. The van der Waals surface area contributed by atoms with E-state index in [1.54, 1.807) is 0 Å². The van der Waals surface area contributed by atoms with Crippen LogP contribution in [0, 0.1) is 0 Å².